The van der Waals surface area contributed by atoms with E-state index in [2.05, 4.69) is 68.7 Å². The molecule has 0 aliphatic heterocycles. The lowest BCUT2D eigenvalue weighted by atomic mass is 9.71. The van der Waals surface area contributed by atoms with Crippen LogP contribution in [0.25, 0.3) is 0 Å². The topological polar surface area (TPSA) is 18.5 Å². The van der Waals surface area contributed by atoms with Crippen molar-refractivity contribution in [2.75, 3.05) is 0 Å². The maximum Gasteiger partial charge on any atom is 0.0829 e. The molecule has 2 nitrogen and oxygen atoms in total. The van der Waals surface area contributed by atoms with E-state index in [1.54, 1.807) is 0 Å². The van der Waals surface area contributed by atoms with Gasteiger partial charge in [0.2, 0.25) is 0 Å². The fraction of sp³-hybridized carbons (Fsp3) is 0.444. The van der Waals surface area contributed by atoms with E-state index in [4.69, 9.17) is 0 Å². The highest BCUT2D eigenvalue weighted by molar-refractivity contribution is 5.22. The minimum atomic E-state index is 0.525. The first-order valence-electron chi connectivity index (χ1n) is 6.83. The molecule has 2 atom stereocenters. The fourth-order valence-electron chi connectivity index (χ4n) is 2.66. The highest BCUT2D eigenvalue weighted by Crippen LogP contribution is 2.61. The second kappa shape index (κ2) is 8.47. The van der Waals surface area contributed by atoms with E-state index >= 15 is 0 Å². The van der Waals surface area contributed by atoms with Crippen molar-refractivity contribution < 1.29 is 9.47 Å². The smallest absolute Gasteiger partial charge is 0.0829 e. The van der Waals surface area contributed by atoms with E-state index in [1.165, 1.54) is 37.9 Å². The Kier molecular flexibility index (Phi) is 7.75. The Morgan fingerprint density at radius 2 is 1.40 bits per heavy atom. The van der Waals surface area contributed by atoms with Crippen molar-refractivity contribution in [2.45, 2.75) is 33.6 Å². The zero-order valence-electron chi connectivity index (χ0n) is 13.1. The van der Waals surface area contributed by atoms with E-state index in [0.717, 1.165) is 5.92 Å². The maximum atomic E-state index is 4.36. The molecule has 2 heteroatoms. The molecule has 2 aliphatic carbocycles. The monoisotopic (exact) mass is 276 g/mol. The van der Waals surface area contributed by atoms with Gasteiger partial charge in [-0.25, -0.2) is 0 Å². The molecule has 0 aromatic carbocycles. The van der Waals surface area contributed by atoms with Gasteiger partial charge in [0, 0.05) is 0 Å². The van der Waals surface area contributed by atoms with Gasteiger partial charge < -0.3 is 9.47 Å². The quantitative estimate of drug-likeness (QED) is 0.493. The van der Waals surface area contributed by atoms with Crippen molar-refractivity contribution in [1.82, 2.24) is 0 Å². The molecule has 0 heterocycles. The zero-order chi connectivity index (χ0) is 15.6. The number of fused-ring (bicyclic) bond motifs is 2. The van der Waals surface area contributed by atoms with Crippen LogP contribution in [0.15, 0.2) is 63.5 Å². The molecule has 1 saturated carbocycles. The van der Waals surface area contributed by atoms with Crippen LogP contribution in [0.1, 0.15) is 33.6 Å². The SMILES string of the molecule is C=COC=C.C=COC=C.CC12C=CC(CC1)C2(C)C. The lowest BCUT2D eigenvalue weighted by Crippen LogP contribution is -2.27. The van der Waals surface area contributed by atoms with Crippen molar-refractivity contribution >= 4 is 0 Å². The average molecular weight is 276 g/mol. The highest BCUT2D eigenvalue weighted by atomic mass is 16.5. The number of rotatable bonds is 4. The van der Waals surface area contributed by atoms with Gasteiger partial charge in [0.05, 0.1) is 25.0 Å². The van der Waals surface area contributed by atoms with Gasteiger partial charge in [-0.05, 0) is 29.6 Å². The first-order chi connectivity index (χ1) is 9.39. The third kappa shape index (κ3) is 4.44. The third-order valence-electron chi connectivity index (χ3n) is 4.45. The molecule has 0 spiro atoms. The molecular weight excluding hydrogens is 248 g/mol. The largest absolute Gasteiger partial charge is 0.474 e. The average Bonchev–Trinajstić information content (AvgIpc) is 2.76. The van der Waals surface area contributed by atoms with Gasteiger partial charge in [-0.2, -0.15) is 0 Å². The molecule has 1 fully saturated rings. The van der Waals surface area contributed by atoms with Gasteiger partial charge in [0.25, 0.3) is 0 Å². The number of allylic oxidation sites excluding steroid dienone is 2. The van der Waals surface area contributed by atoms with E-state index in [9.17, 15) is 0 Å². The van der Waals surface area contributed by atoms with E-state index in [-0.39, 0.29) is 0 Å². The molecule has 0 saturated heterocycles. The molecule has 2 aliphatic rings. The van der Waals surface area contributed by atoms with E-state index in [0.29, 0.717) is 10.8 Å². The van der Waals surface area contributed by atoms with Crippen LogP contribution in [-0.4, -0.2) is 0 Å². The highest BCUT2D eigenvalue weighted by Gasteiger charge is 2.52. The lowest BCUT2D eigenvalue weighted by Gasteiger charge is -2.33. The van der Waals surface area contributed by atoms with Crippen LogP contribution < -0.4 is 0 Å². The minimum Gasteiger partial charge on any atom is -0.474 e. The van der Waals surface area contributed by atoms with E-state index in [1.807, 2.05) is 0 Å². The molecule has 0 N–H and O–H groups in total. The summed E-state index contributed by atoms with van der Waals surface area (Å²) in [5.74, 6) is 0.873. The molecule has 0 aromatic heterocycles. The second-order valence-electron chi connectivity index (χ2n) is 5.58. The molecule has 2 rings (SSSR count). The van der Waals surface area contributed by atoms with Crippen LogP contribution in [0.5, 0.6) is 0 Å². The van der Waals surface area contributed by atoms with Crippen molar-refractivity contribution in [2.24, 2.45) is 16.7 Å². The Bertz CT molecular complexity index is 340. The molecule has 2 bridgehead atoms. The predicted octanol–water partition coefficient (Wildman–Crippen LogP) is 5.58. The van der Waals surface area contributed by atoms with E-state index < -0.39 is 0 Å². The van der Waals surface area contributed by atoms with Gasteiger partial charge in [-0.1, -0.05) is 59.2 Å². The standard InChI is InChI=1S/C10H16.2C4H6O/c1-9(2)8-4-6-10(9,3)7-5-8;2*1-3-5-4-2/h4,6,8H,5,7H2,1-3H3;2*3-4H,1-2H2. The van der Waals surface area contributed by atoms with Crippen LogP contribution in [0.3, 0.4) is 0 Å². The molecule has 0 amide bonds. The lowest BCUT2D eigenvalue weighted by molar-refractivity contribution is 0.182. The summed E-state index contributed by atoms with van der Waals surface area (Å²) in [5, 5.41) is 0. The normalized spacial score (nSPS) is 27.1. The van der Waals surface area contributed by atoms with Crippen LogP contribution in [-0.2, 0) is 9.47 Å². The maximum absolute atomic E-state index is 4.36. The van der Waals surface area contributed by atoms with Crippen molar-refractivity contribution in [1.29, 1.82) is 0 Å². The summed E-state index contributed by atoms with van der Waals surface area (Å²) >= 11 is 0. The van der Waals surface area contributed by atoms with Gasteiger partial charge in [0.1, 0.15) is 0 Å². The van der Waals surface area contributed by atoms with Crippen LogP contribution in [0, 0.1) is 16.7 Å². The fourth-order valence-corrected chi connectivity index (χ4v) is 2.66. The first-order valence-corrected chi connectivity index (χ1v) is 6.83. The number of ether oxygens (including phenoxy) is 2. The molecule has 0 radical (unpaired) electrons. The summed E-state index contributed by atoms with van der Waals surface area (Å²) in [7, 11) is 0. The predicted molar refractivity (Wildman–Crippen MR) is 86.7 cm³/mol. The van der Waals surface area contributed by atoms with Gasteiger partial charge in [-0.15, -0.1) is 0 Å². The van der Waals surface area contributed by atoms with Gasteiger partial charge >= 0.3 is 0 Å². The van der Waals surface area contributed by atoms with Crippen LogP contribution in [0.4, 0.5) is 0 Å². The second-order valence-corrected chi connectivity index (χ2v) is 5.58. The summed E-state index contributed by atoms with van der Waals surface area (Å²) < 4.78 is 8.72. The molecule has 2 unspecified atom stereocenters. The Labute approximate surface area is 124 Å². The molecule has 112 valence electrons. The van der Waals surface area contributed by atoms with Crippen LogP contribution >= 0.6 is 0 Å². The Morgan fingerprint density at radius 3 is 1.45 bits per heavy atom. The summed E-state index contributed by atoms with van der Waals surface area (Å²) in [6, 6.07) is 0. The Morgan fingerprint density at radius 1 is 0.950 bits per heavy atom. The Balaban J connectivity index is 0.000000310. The third-order valence-corrected chi connectivity index (χ3v) is 4.45. The van der Waals surface area contributed by atoms with Crippen molar-refractivity contribution in [3.8, 4) is 0 Å². The van der Waals surface area contributed by atoms with Crippen molar-refractivity contribution in [3.05, 3.63) is 63.5 Å². The number of hydrogen-bond acceptors (Lipinski definition) is 2. The zero-order valence-corrected chi connectivity index (χ0v) is 13.1. The molecular formula is C18H28O2. The van der Waals surface area contributed by atoms with Gasteiger partial charge in [0.15, 0.2) is 0 Å². The summed E-state index contributed by atoms with van der Waals surface area (Å²) in [4.78, 5) is 0. The van der Waals surface area contributed by atoms with Gasteiger partial charge in [-0.3, -0.25) is 0 Å². The van der Waals surface area contributed by atoms with Crippen molar-refractivity contribution in [3.63, 3.8) is 0 Å². The summed E-state index contributed by atoms with van der Waals surface area (Å²) in [6.45, 7) is 20.2. The minimum absolute atomic E-state index is 0.525. The number of hydrogen-bond donors (Lipinski definition) is 0. The summed E-state index contributed by atoms with van der Waals surface area (Å²) in [5.41, 5.74) is 1.07. The first kappa shape index (κ1) is 18.3. The molecule has 0 aromatic rings. The summed E-state index contributed by atoms with van der Waals surface area (Å²) in [6.07, 6.45) is 12.9. The molecule has 20 heavy (non-hydrogen) atoms. The van der Waals surface area contributed by atoms with Crippen LogP contribution in [0.2, 0.25) is 0 Å². The Hall–Kier alpha value is -1.70.